The lowest BCUT2D eigenvalue weighted by Crippen LogP contribution is -1.98. The van der Waals surface area contributed by atoms with Gasteiger partial charge in [-0.25, -0.2) is 0 Å². The van der Waals surface area contributed by atoms with Crippen molar-refractivity contribution in [2.75, 3.05) is 11.9 Å². The lowest BCUT2D eigenvalue weighted by atomic mass is 10.1. The summed E-state index contributed by atoms with van der Waals surface area (Å²) < 4.78 is 5.72. The molecule has 0 radical (unpaired) electrons. The average Bonchev–Trinajstić information content (AvgIpc) is 2.56. The average molecular weight is 328 g/mol. The Balaban J connectivity index is 1.89. The normalized spacial score (nSPS) is 10.4. The van der Waals surface area contributed by atoms with E-state index in [-0.39, 0.29) is 10.6 Å². The van der Waals surface area contributed by atoms with Gasteiger partial charge in [0.05, 0.1) is 11.5 Å². The summed E-state index contributed by atoms with van der Waals surface area (Å²) in [4.78, 5) is 10.5. The molecule has 2 aromatic carbocycles. The van der Waals surface area contributed by atoms with Crippen LogP contribution in [0.3, 0.4) is 0 Å². The molecule has 0 saturated carbocycles. The van der Waals surface area contributed by atoms with Crippen LogP contribution in [0.1, 0.15) is 38.2 Å². The number of ether oxygens (including phenoxy) is 1. The van der Waals surface area contributed by atoms with Crippen LogP contribution in [0.25, 0.3) is 0 Å². The molecule has 0 spiro atoms. The highest BCUT2D eigenvalue weighted by Gasteiger charge is 2.10. The van der Waals surface area contributed by atoms with E-state index in [9.17, 15) is 10.1 Å². The minimum atomic E-state index is -0.369. The number of nitrogens with one attached hydrogen (secondary N) is 1. The van der Waals surface area contributed by atoms with Crippen molar-refractivity contribution in [1.29, 1.82) is 0 Å². The van der Waals surface area contributed by atoms with Gasteiger partial charge in [-0.3, -0.25) is 10.1 Å². The van der Waals surface area contributed by atoms with Gasteiger partial charge in [0.15, 0.2) is 0 Å². The van der Waals surface area contributed by atoms with E-state index in [4.69, 9.17) is 4.74 Å². The lowest BCUT2D eigenvalue weighted by Gasteiger charge is -2.10. The Morgan fingerprint density at radius 1 is 1.04 bits per heavy atom. The van der Waals surface area contributed by atoms with Gasteiger partial charge in [0.25, 0.3) is 5.69 Å². The SMILES string of the molecule is CCCCCCOc1ccc(Nc2ccc([N+](=O)[O-])c(C)c2)cc1. The van der Waals surface area contributed by atoms with Crippen molar-refractivity contribution in [2.24, 2.45) is 0 Å². The number of benzene rings is 2. The van der Waals surface area contributed by atoms with Crippen LogP contribution in [-0.2, 0) is 0 Å². The summed E-state index contributed by atoms with van der Waals surface area (Å²) in [5.41, 5.74) is 2.51. The largest absolute Gasteiger partial charge is 0.494 e. The van der Waals surface area contributed by atoms with E-state index in [1.165, 1.54) is 25.3 Å². The number of nitro groups is 1. The summed E-state index contributed by atoms with van der Waals surface area (Å²) in [5.74, 6) is 0.858. The fraction of sp³-hybridized carbons (Fsp3) is 0.368. The van der Waals surface area contributed by atoms with E-state index in [0.29, 0.717) is 5.56 Å². The third-order valence-corrected chi connectivity index (χ3v) is 3.80. The lowest BCUT2D eigenvalue weighted by molar-refractivity contribution is -0.385. The topological polar surface area (TPSA) is 64.4 Å². The molecular formula is C19H24N2O3. The van der Waals surface area contributed by atoms with Gasteiger partial charge in [-0.05, 0) is 49.7 Å². The molecule has 0 bridgehead atoms. The summed E-state index contributed by atoms with van der Waals surface area (Å²) in [7, 11) is 0. The molecule has 24 heavy (non-hydrogen) atoms. The summed E-state index contributed by atoms with van der Waals surface area (Å²) in [6.45, 7) is 4.67. The zero-order valence-corrected chi connectivity index (χ0v) is 14.2. The molecule has 5 nitrogen and oxygen atoms in total. The van der Waals surface area contributed by atoms with Gasteiger partial charge >= 0.3 is 0 Å². The van der Waals surface area contributed by atoms with Crippen molar-refractivity contribution in [3.05, 3.63) is 58.1 Å². The first-order valence-corrected chi connectivity index (χ1v) is 8.35. The summed E-state index contributed by atoms with van der Waals surface area (Å²) in [6.07, 6.45) is 4.76. The quantitative estimate of drug-likeness (QED) is 0.369. The maximum Gasteiger partial charge on any atom is 0.272 e. The molecular weight excluding hydrogens is 304 g/mol. The van der Waals surface area contributed by atoms with Gasteiger partial charge in [0.1, 0.15) is 5.75 Å². The highest BCUT2D eigenvalue weighted by molar-refractivity contribution is 5.63. The molecule has 0 saturated heterocycles. The first kappa shape index (κ1) is 17.8. The molecule has 5 heteroatoms. The highest BCUT2D eigenvalue weighted by atomic mass is 16.6. The highest BCUT2D eigenvalue weighted by Crippen LogP contribution is 2.25. The van der Waals surface area contributed by atoms with E-state index in [0.717, 1.165) is 30.2 Å². The number of unbranched alkanes of at least 4 members (excludes halogenated alkanes) is 3. The molecule has 2 rings (SSSR count). The van der Waals surface area contributed by atoms with Gasteiger partial charge in [-0.15, -0.1) is 0 Å². The minimum Gasteiger partial charge on any atom is -0.494 e. The van der Waals surface area contributed by atoms with Crippen molar-refractivity contribution in [3.8, 4) is 5.75 Å². The number of aryl methyl sites for hydroxylation is 1. The first-order chi connectivity index (χ1) is 11.6. The maximum absolute atomic E-state index is 10.8. The fourth-order valence-electron chi connectivity index (χ4n) is 2.46. The van der Waals surface area contributed by atoms with Crippen LogP contribution in [0.4, 0.5) is 17.1 Å². The number of hydrogen-bond acceptors (Lipinski definition) is 4. The summed E-state index contributed by atoms with van der Waals surface area (Å²) in [5, 5.41) is 14.1. The Bertz CT molecular complexity index is 669. The van der Waals surface area contributed by atoms with Crippen LogP contribution in [0, 0.1) is 17.0 Å². The maximum atomic E-state index is 10.8. The van der Waals surface area contributed by atoms with E-state index >= 15 is 0 Å². The number of nitrogens with zero attached hydrogens (tertiary/aromatic N) is 1. The summed E-state index contributed by atoms with van der Waals surface area (Å²) >= 11 is 0. The molecule has 0 fully saturated rings. The molecule has 128 valence electrons. The van der Waals surface area contributed by atoms with Gasteiger partial charge in [-0.2, -0.15) is 0 Å². The second-order valence-electron chi connectivity index (χ2n) is 5.82. The number of rotatable bonds is 9. The van der Waals surface area contributed by atoms with Crippen molar-refractivity contribution in [2.45, 2.75) is 39.5 Å². The third-order valence-electron chi connectivity index (χ3n) is 3.80. The molecule has 0 aromatic heterocycles. The van der Waals surface area contributed by atoms with Gasteiger partial charge < -0.3 is 10.1 Å². The van der Waals surface area contributed by atoms with Crippen LogP contribution in [0.2, 0.25) is 0 Å². The van der Waals surface area contributed by atoms with Gasteiger partial charge in [0.2, 0.25) is 0 Å². The predicted octanol–water partition coefficient (Wildman–Crippen LogP) is 5.61. The molecule has 0 aliphatic rings. The second kappa shape index (κ2) is 8.91. The Hall–Kier alpha value is -2.56. The van der Waals surface area contributed by atoms with Crippen LogP contribution < -0.4 is 10.1 Å². The monoisotopic (exact) mass is 328 g/mol. The molecule has 0 aliphatic carbocycles. The van der Waals surface area contributed by atoms with Crippen LogP contribution in [-0.4, -0.2) is 11.5 Å². The van der Waals surface area contributed by atoms with Crippen molar-refractivity contribution >= 4 is 17.1 Å². The third kappa shape index (κ3) is 5.26. The molecule has 1 N–H and O–H groups in total. The molecule has 0 heterocycles. The van der Waals surface area contributed by atoms with Crippen molar-refractivity contribution < 1.29 is 9.66 Å². The molecule has 0 aliphatic heterocycles. The first-order valence-electron chi connectivity index (χ1n) is 8.35. The van der Waals surface area contributed by atoms with E-state index in [1.807, 2.05) is 24.3 Å². The van der Waals surface area contributed by atoms with E-state index < -0.39 is 0 Å². The number of nitro benzene ring substituents is 1. The fourth-order valence-corrected chi connectivity index (χ4v) is 2.46. The summed E-state index contributed by atoms with van der Waals surface area (Å²) in [6, 6.07) is 12.8. The number of hydrogen-bond donors (Lipinski definition) is 1. The van der Waals surface area contributed by atoms with Crippen LogP contribution in [0.15, 0.2) is 42.5 Å². The smallest absolute Gasteiger partial charge is 0.272 e. The molecule has 0 unspecified atom stereocenters. The molecule has 0 atom stereocenters. The Morgan fingerprint density at radius 3 is 2.38 bits per heavy atom. The van der Waals surface area contributed by atoms with Gasteiger partial charge in [-0.1, -0.05) is 26.2 Å². The minimum absolute atomic E-state index is 0.132. The Morgan fingerprint density at radius 2 is 1.75 bits per heavy atom. The van der Waals surface area contributed by atoms with E-state index in [1.54, 1.807) is 19.1 Å². The van der Waals surface area contributed by atoms with Crippen LogP contribution in [0.5, 0.6) is 5.75 Å². The standard InChI is InChI=1S/C19H24N2O3/c1-3-4-5-6-13-24-18-10-7-16(8-11-18)20-17-9-12-19(21(22)23)15(2)14-17/h7-12,14,20H,3-6,13H2,1-2H3. The van der Waals surface area contributed by atoms with E-state index in [2.05, 4.69) is 12.2 Å². The Kier molecular flexibility index (Phi) is 6.61. The second-order valence-corrected chi connectivity index (χ2v) is 5.82. The number of anilines is 2. The van der Waals surface area contributed by atoms with Crippen molar-refractivity contribution in [1.82, 2.24) is 0 Å². The van der Waals surface area contributed by atoms with Crippen LogP contribution >= 0.6 is 0 Å². The molecule has 0 amide bonds. The zero-order chi connectivity index (χ0) is 17.4. The van der Waals surface area contributed by atoms with Crippen molar-refractivity contribution in [3.63, 3.8) is 0 Å². The van der Waals surface area contributed by atoms with Gasteiger partial charge in [0, 0.05) is 23.0 Å². The zero-order valence-electron chi connectivity index (χ0n) is 14.2. The Labute approximate surface area is 142 Å². The molecule has 2 aromatic rings. The predicted molar refractivity (Wildman–Crippen MR) is 97.2 cm³/mol.